The molecule has 0 aliphatic carbocycles. The number of aromatic nitrogens is 4. The number of nitrogens with zero attached hydrogens (tertiary/aromatic N) is 4. The second kappa shape index (κ2) is 6.52. The molecule has 0 amide bonds. The fraction of sp³-hybridized carbons (Fsp3) is 0.167. The van der Waals surface area contributed by atoms with Gasteiger partial charge in [0.15, 0.2) is 22.3 Å². The highest BCUT2D eigenvalue weighted by Gasteiger charge is 2.15. The van der Waals surface area contributed by atoms with Crippen LogP contribution in [0, 0.1) is 6.92 Å². The van der Waals surface area contributed by atoms with Crippen LogP contribution in [0.15, 0.2) is 48.5 Å². The topological polar surface area (TPSA) is 61.5 Å². The van der Waals surface area contributed by atoms with Gasteiger partial charge in [0.05, 0.1) is 7.11 Å². The third-order valence-electron chi connectivity index (χ3n) is 3.84. The van der Waals surface area contributed by atoms with Gasteiger partial charge in [0.1, 0.15) is 6.61 Å². The van der Waals surface area contributed by atoms with E-state index in [4.69, 9.17) is 9.47 Å². The first kappa shape index (κ1) is 15.6. The molecule has 0 aliphatic heterocycles. The van der Waals surface area contributed by atoms with Gasteiger partial charge < -0.3 is 9.47 Å². The standard InChI is InChI=1S/C18H16N4O2S/c1-12-7-3-4-8-13(12)17-19-20-18-22(17)21-16(25-18)11-24-15-10-6-5-9-14(15)23-2/h3-10H,11H2,1-2H3. The van der Waals surface area contributed by atoms with E-state index in [0.717, 1.165) is 26.9 Å². The molecule has 2 heterocycles. The van der Waals surface area contributed by atoms with E-state index in [-0.39, 0.29) is 0 Å². The molecular weight excluding hydrogens is 336 g/mol. The van der Waals surface area contributed by atoms with Gasteiger partial charge in [-0.15, -0.1) is 10.2 Å². The zero-order valence-corrected chi connectivity index (χ0v) is 14.7. The van der Waals surface area contributed by atoms with Crippen LogP contribution < -0.4 is 9.47 Å². The lowest BCUT2D eigenvalue weighted by Crippen LogP contribution is -1.99. The number of ether oxygens (including phenoxy) is 2. The van der Waals surface area contributed by atoms with E-state index in [9.17, 15) is 0 Å². The maximum absolute atomic E-state index is 5.84. The summed E-state index contributed by atoms with van der Waals surface area (Å²) in [5.74, 6) is 2.13. The highest BCUT2D eigenvalue weighted by molar-refractivity contribution is 7.16. The van der Waals surface area contributed by atoms with Crippen molar-refractivity contribution in [1.29, 1.82) is 0 Å². The first-order valence-corrected chi connectivity index (χ1v) is 8.61. The summed E-state index contributed by atoms with van der Waals surface area (Å²) in [6, 6.07) is 15.6. The summed E-state index contributed by atoms with van der Waals surface area (Å²) in [6.45, 7) is 2.40. The average Bonchev–Trinajstić information content (AvgIpc) is 3.21. The van der Waals surface area contributed by atoms with Crippen LogP contribution in [0.25, 0.3) is 16.3 Å². The fourth-order valence-electron chi connectivity index (χ4n) is 2.58. The molecule has 2 aromatic heterocycles. The summed E-state index contributed by atoms with van der Waals surface area (Å²) in [4.78, 5) is 0.747. The van der Waals surface area contributed by atoms with Crippen molar-refractivity contribution in [3.8, 4) is 22.9 Å². The molecule has 25 heavy (non-hydrogen) atoms. The Bertz CT molecular complexity index is 1020. The lowest BCUT2D eigenvalue weighted by atomic mass is 10.1. The molecule has 0 spiro atoms. The van der Waals surface area contributed by atoms with Gasteiger partial charge in [0, 0.05) is 5.56 Å². The maximum Gasteiger partial charge on any atom is 0.235 e. The van der Waals surface area contributed by atoms with E-state index in [2.05, 4.69) is 28.3 Å². The fourth-order valence-corrected chi connectivity index (χ4v) is 3.33. The number of fused-ring (bicyclic) bond motifs is 1. The Kier molecular flexibility index (Phi) is 4.07. The number of hydrogen-bond acceptors (Lipinski definition) is 6. The monoisotopic (exact) mass is 352 g/mol. The minimum absolute atomic E-state index is 0.349. The van der Waals surface area contributed by atoms with E-state index in [1.165, 1.54) is 11.3 Å². The van der Waals surface area contributed by atoms with Crippen LogP contribution >= 0.6 is 11.3 Å². The molecule has 4 rings (SSSR count). The van der Waals surface area contributed by atoms with Crippen LogP contribution in [0.4, 0.5) is 0 Å². The molecule has 0 bridgehead atoms. The van der Waals surface area contributed by atoms with E-state index >= 15 is 0 Å². The van der Waals surface area contributed by atoms with Crippen LogP contribution in [-0.4, -0.2) is 26.9 Å². The normalized spacial score (nSPS) is 11.0. The molecule has 0 saturated carbocycles. The number of hydrogen-bond donors (Lipinski definition) is 0. The summed E-state index contributed by atoms with van der Waals surface area (Å²) in [5, 5.41) is 13.9. The Morgan fingerprint density at radius 3 is 2.56 bits per heavy atom. The Morgan fingerprint density at radius 1 is 1.00 bits per heavy atom. The molecule has 7 heteroatoms. The lowest BCUT2D eigenvalue weighted by Gasteiger charge is -2.08. The largest absolute Gasteiger partial charge is 0.493 e. The Morgan fingerprint density at radius 2 is 1.76 bits per heavy atom. The highest BCUT2D eigenvalue weighted by Crippen LogP contribution is 2.28. The van der Waals surface area contributed by atoms with E-state index in [0.29, 0.717) is 18.1 Å². The third kappa shape index (κ3) is 2.94. The van der Waals surface area contributed by atoms with Crippen molar-refractivity contribution in [3.05, 3.63) is 59.1 Å². The number of para-hydroxylation sites is 2. The number of rotatable bonds is 5. The van der Waals surface area contributed by atoms with Crippen molar-refractivity contribution in [2.45, 2.75) is 13.5 Å². The molecule has 0 N–H and O–H groups in total. The van der Waals surface area contributed by atoms with Crippen LogP contribution in [0.5, 0.6) is 11.5 Å². The third-order valence-corrected chi connectivity index (χ3v) is 4.71. The molecule has 0 aliphatic rings. The van der Waals surface area contributed by atoms with Gasteiger partial charge in [-0.2, -0.15) is 9.61 Å². The predicted molar refractivity (Wildman–Crippen MR) is 96.2 cm³/mol. The van der Waals surface area contributed by atoms with Gasteiger partial charge in [-0.1, -0.05) is 47.7 Å². The van der Waals surface area contributed by atoms with Gasteiger partial charge in [-0.25, -0.2) is 0 Å². The van der Waals surface area contributed by atoms with Crippen molar-refractivity contribution in [2.75, 3.05) is 7.11 Å². The molecule has 0 atom stereocenters. The second-order valence-electron chi connectivity index (χ2n) is 5.47. The average molecular weight is 352 g/mol. The summed E-state index contributed by atoms with van der Waals surface area (Å²) < 4.78 is 12.9. The predicted octanol–water partition coefficient (Wildman–Crippen LogP) is 3.75. The summed E-state index contributed by atoms with van der Waals surface area (Å²) in [5.41, 5.74) is 2.16. The van der Waals surface area contributed by atoms with Crippen molar-refractivity contribution >= 4 is 16.3 Å². The maximum atomic E-state index is 5.84. The summed E-state index contributed by atoms with van der Waals surface area (Å²) >= 11 is 1.46. The zero-order valence-electron chi connectivity index (χ0n) is 13.8. The lowest BCUT2D eigenvalue weighted by molar-refractivity contribution is 0.283. The molecular formula is C18H16N4O2S. The molecule has 6 nitrogen and oxygen atoms in total. The van der Waals surface area contributed by atoms with E-state index < -0.39 is 0 Å². The molecule has 2 aromatic carbocycles. The van der Waals surface area contributed by atoms with Crippen molar-refractivity contribution in [3.63, 3.8) is 0 Å². The Hall–Kier alpha value is -2.93. The Labute approximate surface area is 148 Å². The van der Waals surface area contributed by atoms with Crippen LogP contribution in [0.1, 0.15) is 10.6 Å². The van der Waals surface area contributed by atoms with E-state index in [1.54, 1.807) is 11.6 Å². The summed E-state index contributed by atoms with van der Waals surface area (Å²) in [7, 11) is 1.62. The van der Waals surface area contributed by atoms with Gasteiger partial charge >= 0.3 is 0 Å². The first-order valence-electron chi connectivity index (χ1n) is 7.79. The van der Waals surface area contributed by atoms with Crippen molar-refractivity contribution < 1.29 is 9.47 Å². The number of methoxy groups -OCH3 is 1. The highest BCUT2D eigenvalue weighted by atomic mass is 32.1. The minimum Gasteiger partial charge on any atom is -0.493 e. The number of benzene rings is 2. The van der Waals surface area contributed by atoms with Crippen LogP contribution in [-0.2, 0) is 6.61 Å². The van der Waals surface area contributed by atoms with Gasteiger partial charge in [-0.05, 0) is 24.6 Å². The van der Waals surface area contributed by atoms with E-state index in [1.807, 2.05) is 42.5 Å². The molecule has 126 valence electrons. The van der Waals surface area contributed by atoms with Gasteiger partial charge in [0.25, 0.3) is 0 Å². The molecule has 0 radical (unpaired) electrons. The quantitative estimate of drug-likeness (QED) is 0.547. The van der Waals surface area contributed by atoms with Crippen molar-refractivity contribution in [1.82, 2.24) is 19.8 Å². The van der Waals surface area contributed by atoms with Gasteiger partial charge in [-0.3, -0.25) is 0 Å². The molecule has 0 unspecified atom stereocenters. The minimum atomic E-state index is 0.349. The zero-order chi connectivity index (χ0) is 17.2. The molecule has 4 aromatic rings. The van der Waals surface area contributed by atoms with Crippen molar-refractivity contribution in [2.24, 2.45) is 0 Å². The first-order chi connectivity index (χ1) is 12.3. The smallest absolute Gasteiger partial charge is 0.235 e. The molecule has 0 saturated heterocycles. The van der Waals surface area contributed by atoms with Gasteiger partial charge in [0.2, 0.25) is 4.96 Å². The molecule has 0 fully saturated rings. The van der Waals surface area contributed by atoms with Crippen LogP contribution in [0.3, 0.4) is 0 Å². The van der Waals surface area contributed by atoms with Crippen LogP contribution in [0.2, 0.25) is 0 Å². The Balaban J connectivity index is 1.61. The second-order valence-corrected chi connectivity index (χ2v) is 6.51. The number of aryl methyl sites for hydroxylation is 1. The summed E-state index contributed by atoms with van der Waals surface area (Å²) in [6.07, 6.45) is 0. The SMILES string of the molecule is COc1ccccc1OCc1nn2c(-c3ccccc3C)nnc2s1.